The number of hydrogen-bond acceptors (Lipinski definition) is 4. The first kappa shape index (κ1) is 14.9. The number of benzene rings is 2. The van der Waals surface area contributed by atoms with Crippen molar-refractivity contribution in [1.82, 2.24) is 0 Å². The molecule has 0 heterocycles. The highest BCUT2D eigenvalue weighted by Crippen LogP contribution is 2.25. The molecule has 0 saturated heterocycles. The monoisotopic (exact) mass is 286 g/mol. The van der Waals surface area contributed by atoms with Gasteiger partial charge in [0, 0.05) is 12.1 Å². The minimum atomic E-state index is -0.311. The Balaban J connectivity index is 2.17. The number of carbonyl (C=O) groups is 1. The molecule has 0 spiro atoms. The number of aromatic hydroxyl groups is 1. The number of amides is 1. The molecule has 0 aliphatic carbocycles. The van der Waals surface area contributed by atoms with Crippen LogP contribution in [0.2, 0.25) is 0 Å². The van der Waals surface area contributed by atoms with Crippen LogP contribution in [0.25, 0.3) is 0 Å². The molecule has 1 amide bonds. The van der Waals surface area contributed by atoms with E-state index in [1.165, 1.54) is 6.07 Å². The Hall–Kier alpha value is -2.53. The van der Waals surface area contributed by atoms with Gasteiger partial charge in [-0.2, -0.15) is 0 Å². The molecular formula is C16H18N2O3. The molecule has 4 N–H and O–H groups in total. The van der Waals surface area contributed by atoms with E-state index in [0.29, 0.717) is 30.2 Å². The van der Waals surface area contributed by atoms with Gasteiger partial charge in [-0.3, -0.25) is 4.79 Å². The maximum Gasteiger partial charge on any atom is 0.255 e. The van der Waals surface area contributed by atoms with Gasteiger partial charge in [-0.05, 0) is 36.8 Å². The smallest absolute Gasteiger partial charge is 0.255 e. The Labute approximate surface area is 123 Å². The Morgan fingerprint density at radius 3 is 2.76 bits per heavy atom. The summed E-state index contributed by atoms with van der Waals surface area (Å²) in [4.78, 5) is 12.2. The quantitative estimate of drug-likeness (QED) is 0.787. The second-order valence-electron chi connectivity index (χ2n) is 4.59. The highest BCUT2D eigenvalue weighted by atomic mass is 16.5. The molecule has 5 heteroatoms. The molecule has 2 rings (SSSR count). The van der Waals surface area contributed by atoms with Gasteiger partial charge in [-0.25, -0.2) is 0 Å². The SMILES string of the molecule is Cc1ccc(C(=O)Nc2ccccc2OCCN)cc1O. The Kier molecular flexibility index (Phi) is 4.79. The third-order valence-corrected chi connectivity index (χ3v) is 2.98. The lowest BCUT2D eigenvalue weighted by molar-refractivity contribution is 0.102. The van der Waals surface area contributed by atoms with Gasteiger partial charge in [0.1, 0.15) is 18.1 Å². The number of phenolic OH excluding ortho intramolecular Hbond substituents is 1. The summed E-state index contributed by atoms with van der Waals surface area (Å²) >= 11 is 0. The van der Waals surface area contributed by atoms with Gasteiger partial charge in [0.2, 0.25) is 0 Å². The summed E-state index contributed by atoms with van der Waals surface area (Å²) in [5.74, 6) is 0.344. The molecule has 5 nitrogen and oxygen atoms in total. The van der Waals surface area contributed by atoms with Crippen molar-refractivity contribution in [3.05, 3.63) is 53.6 Å². The lowest BCUT2D eigenvalue weighted by Crippen LogP contribution is -2.15. The minimum Gasteiger partial charge on any atom is -0.508 e. The van der Waals surface area contributed by atoms with E-state index >= 15 is 0 Å². The molecule has 2 aromatic carbocycles. The fourth-order valence-electron chi connectivity index (χ4n) is 1.81. The average molecular weight is 286 g/mol. The van der Waals surface area contributed by atoms with E-state index in [0.717, 1.165) is 5.56 Å². The number of nitrogens with one attached hydrogen (secondary N) is 1. The second-order valence-corrected chi connectivity index (χ2v) is 4.59. The van der Waals surface area contributed by atoms with Crippen LogP contribution in [0.3, 0.4) is 0 Å². The predicted molar refractivity (Wildman–Crippen MR) is 81.8 cm³/mol. The Bertz CT molecular complexity index is 641. The number of phenols is 1. The molecule has 0 bridgehead atoms. The summed E-state index contributed by atoms with van der Waals surface area (Å²) in [6, 6.07) is 11.9. The van der Waals surface area contributed by atoms with E-state index in [-0.39, 0.29) is 11.7 Å². The summed E-state index contributed by atoms with van der Waals surface area (Å²) in [5.41, 5.74) is 7.08. The van der Waals surface area contributed by atoms with Crippen molar-refractivity contribution in [2.75, 3.05) is 18.5 Å². The maximum absolute atomic E-state index is 12.2. The lowest BCUT2D eigenvalue weighted by atomic mass is 10.1. The molecule has 21 heavy (non-hydrogen) atoms. The number of para-hydroxylation sites is 2. The number of anilines is 1. The highest BCUT2D eigenvalue weighted by Gasteiger charge is 2.11. The van der Waals surface area contributed by atoms with Crippen molar-refractivity contribution in [2.45, 2.75) is 6.92 Å². The van der Waals surface area contributed by atoms with E-state index in [1.807, 2.05) is 6.07 Å². The van der Waals surface area contributed by atoms with Crippen LogP contribution in [0.4, 0.5) is 5.69 Å². The lowest BCUT2D eigenvalue weighted by Gasteiger charge is -2.12. The minimum absolute atomic E-state index is 0.0929. The number of nitrogens with two attached hydrogens (primary N) is 1. The maximum atomic E-state index is 12.2. The van der Waals surface area contributed by atoms with Crippen LogP contribution >= 0.6 is 0 Å². The molecular weight excluding hydrogens is 268 g/mol. The van der Waals surface area contributed by atoms with Crippen LogP contribution in [0.5, 0.6) is 11.5 Å². The second kappa shape index (κ2) is 6.76. The van der Waals surface area contributed by atoms with Crippen LogP contribution < -0.4 is 15.8 Å². The van der Waals surface area contributed by atoms with Crippen LogP contribution in [0.15, 0.2) is 42.5 Å². The normalized spacial score (nSPS) is 10.2. The topological polar surface area (TPSA) is 84.6 Å². The fraction of sp³-hybridized carbons (Fsp3) is 0.188. The van der Waals surface area contributed by atoms with Gasteiger partial charge >= 0.3 is 0 Å². The van der Waals surface area contributed by atoms with E-state index in [4.69, 9.17) is 10.5 Å². The number of aryl methyl sites for hydroxylation is 1. The van der Waals surface area contributed by atoms with Crippen molar-refractivity contribution < 1.29 is 14.6 Å². The highest BCUT2D eigenvalue weighted by molar-refractivity contribution is 6.05. The van der Waals surface area contributed by atoms with Gasteiger partial charge in [-0.1, -0.05) is 18.2 Å². The van der Waals surface area contributed by atoms with Crippen LogP contribution in [0.1, 0.15) is 15.9 Å². The zero-order valence-corrected chi connectivity index (χ0v) is 11.8. The number of ether oxygens (including phenoxy) is 1. The summed E-state index contributed by atoms with van der Waals surface area (Å²) in [6.45, 7) is 2.54. The number of rotatable bonds is 5. The molecule has 0 aromatic heterocycles. The van der Waals surface area contributed by atoms with Crippen LogP contribution in [-0.4, -0.2) is 24.2 Å². The first-order chi connectivity index (χ1) is 10.1. The van der Waals surface area contributed by atoms with Crippen LogP contribution in [0, 0.1) is 6.92 Å². The standard InChI is InChI=1S/C16H18N2O3/c1-11-6-7-12(10-14(11)19)16(20)18-13-4-2-3-5-15(13)21-9-8-17/h2-7,10,19H,8-9,17H2,1H3,(H,18,20). The molecule has 0 radical (unpaired) electrons. The Morgan fingerprint density at radius 2 is 2.05 bits per heavy atom. The molecule has 0 unspecified atom stereocenters. The first-order valence-electron chi connectivity index (χ1n) is 6.64. The van der Waals surface area contributed by atoms with Crippen molar-refractivity contribution in [3.63, 3.8) is 0 Å². The fourth-order valence-corrected chi connectivity index (χ4v) is 1.81. The van der Waals surface area contributed by atoms with Crippen molar-refractivity contribution in [3.8, 4) is 11.5 Å². The summed E-state index contributed by atoms with van der Waals surface area (Å²) in [6.07, 6.45) is 0. The summed E-state index contributed by atoms with van der Waals surface area (Å²) < 4.78 is 5.48. The Morgan fingerprint density at radius 1 is 1.29 bits per heavy atom. The largest absolute Gasteiger partial charge is 0.508 e. The molecule has 0 saturated carbocycles. The predicted octanol–water partition coefficient (Wildman–Crippen LogP) is 2.29. The third kappa shape index (κ3) is 3.73. The number of carbonyl (C=O) groups excluding carboxylic acids is 1. The summed E-state index contributed by atoms with van der Waals surface area (Å²) in [7, 11) is 0. The zero-order chi connectivity index (χ0) is 15.2. The average Bonchev–Trinajstić information content (AvgIpc) is 2.49. The van der Waals surface area contributed by atoms with E-state index in [1.54, 1.807) is 37.3 Å². The number of hydrogen-bond donors (Lipinski definition) is 3. The van der Waals surface area contributed by atoms with Crippen molar-refractivity contribution in [1.29, 1.82) is 0 Å². The molecule has 0 fully saturated rings. The molecule has 0 aliphatic rings. The van der Waals surface area contributed by atoms with Crippen molar-refractivity contribution in [2.24, 2.45) is 5.73 Å². The van der Waals surface area contributed by atoms with E-state index in [2.05, 4.69) is 5.32 Å². The van der Waals surface area contributed by atoms with Gasteiger partial charge in [0.25, 0.3) is 5.91 Å². The van der Waals surface area contributed by atoms with Gasteiger partial charge in [0.05, 0.1) is 5.69 Å². The van der Waals surface area contributed by atoms with Crippen LogP contribution in [-0.2, 0) is 0 Å². The van der Waals surface area contributed by atoms with E-state index in [9.17, 15) is 9.90 Å². The molecule has 110 valence electrons. The summed E-state index contributed by atoms with van der Waals surface area (Å²) in [5, 5.41) is 12.4. The van der Waals surface area contributed by atoms with E-state index < -0.39 is 0 Å². The molecule has 2 aromatic rings. The third-order valence-electron chi connectivity index (χ3n) is 2.98. The zero-order valence-electron chi connectivity index (χ0n) is 11.8. The van der Waals surface area contributed by atoms with Gasteiger partial charge < -0.3 is 20.9 Å². The molecule has 0 atom stereocenters. The van der Waals surface area contributed by atoms with Crippen molar-refractivity contribution >= 4 is 11.6 Å². The van der Waals surface area contributed by atoms with Gasteiger partial charge in [0.15, 0.2) is 0 Å². The first-order valence-corrected chi connectivity index (χ1v) is 6.64. The van der Waals surface area contributed by atoms with Gasteiger partial charge in [-0.15, -0.1) is 0 Å². The molecule has 0 aliphatic heterocycles.